The number of nitrogens with zero attached hydrogens (tertiary/aromatic N) is 1. The number of hydrogen-bond acceptors (Lipinski definition) is 2. The second-order valence-corrected chi connectivity index (χ2v) is 5.46. The number of rotatable bonds is 4. The minimum Gasteiger partial charge on any atom is -0.355 e. The highest BCUT2D eigenvalue weighted by Gasteiger charge is 2.09. The van der Waals surface area contributed by atoms with Crippen molar-refractivity contribution in [2.24, 2.45) is 22.2 Å². The van der Waals surface area contributed by atoms with Crippen molar-refractivity contribution in [3.8, 4) is 0 Å². The van der Waals surface area contributed by atoms with E-state index in [0.717, 1.165) is 19.5 Å². The van der Waals surface area contributed by atoms with Crippen molar-refractivity contribution >= 4 is 5.96 Å². The summed E-state index contributed by atoms with van der Waals surface area (Å²) in [5, 5.41) is 3.20. The molecule has 4 N–H and O–H groups in total. The van der Waals surface area contributed by atoms with Crippen LogP contribution in [0.15, 0.2) is 4.99 Å². The maximum absolute atomic E-state index is 5.37. The summed E-state index contributed by atoms with van der Waals surface area (Å²) in [4.78, 5) is 4.33. The van der Waals surface area contributed by atoms with Gasteiger partial charge in [0.2, 0.25) is 5.96 Å². The number of aliphatic imine (C=N–C) groups is 1. The van der Waals surface area contributed by atoms with E-state index in [0.29, 0.717) is 17.3 Å². The molecule has 0 aliphatic heterocycles. The van der Waals surface area contributed by atoms with Crippen LogP contribution in [-0.4, -0.2) is 19.0 Å². The Labute approximate surface area is 93.7 Å². The van der Waals surface area contributed by atoms with Crippen molar-refractivity contribution < 1.29 is 0 Å². The molecule has 0 radical (unpaired) electrons. The molecular weight excluding hydrogens is 188 g/mol. The molecule has 0 amide bonds. The van der Waals surface area contributed by atoms with E-state index in [-0.39, 0.29) is 0 Å². The second kappa shape index (κ2) is 6.67. The predicted molar refractivity (Wildman–Crippen MR) is 66.5 cm³/mol. The van der Waals surface area contributed by atoms with Crippen LogP contribution in [0.4, 0.5) is 0 Å². The molecule has 0 heterocycles. The van der Waals surface area contributed by atoms with Gasteiger partial charge in [0.05, 0.1) is 0 Å². The van der Waals surface area contributed by atoms with Crippen LogP contribution in [0.2, 0.25) is 0 Å². The highest BCUT2D eigenvalue weighted by atomic mass is 15.3. The Morgan fingerprint density at radius 3 is 2.33 bits per heavy atom. The van der Waals surface area contributed by atoms with Crippen molar-refractivity contribution in [2.45, 2.75) is 41.0 Å². The molecule has 0 rings (SSSR count). The van der Waals surface area contributed by atoms with Gasteiger partial charge in [-0.05, 0) is 17.8 Å². The molecule has 90 valence electrons. The van der Waals surface area contributed by atoms with Crippen molar-refractivity contribution in [1.29, 1.82) is 0 Å². The lowest BCUT2D eigenvalue weighted by Crippen LogP contribution is -2.42. The summed E-state index contributed by atoms with van der Waals surface area (Å²) < 4.78 is 0. The molecule has 0 spiro atoms. The monoisotopic (exact) mass is 214 g/mol. The Kier molecular flexibility index (Phi) is 6.32. The molecule has 0 atom stereocenters. The van der Waals surface area contributed by atoms with Gasteiger partial charge < -0.3 is 5.32 Å². The third-order valence-electron chi connectivity index (χ3n) is 1.92. The molecule has 0 saturated heterocycles. The number of hydrazine groups is 1. The predicted octanol–water partition coefficient (Wildman–Crippen LogP) is 1.49. The van der Waals surface area contributed by atoms with Crippen LogP contribution in [0.5, 0.6) is 0 Å². The molecule has 0 bridgehead atoms. The largest absolute Gasteiger partial charge is 0.355 e. The summed E-state index contributed by atoms with van der Waals surface area (Å²) in [6, 6.07) is 0. The maximum Gasteiger partial charge on any atom is 0.205 e. The molecule has 0 aliphatic rings. The Bertz CT molecular complexity index is 191. The lowest BCUT2D eigenvalue weighted by Gasteiger charge is -2.19. The molecule has 0 fully saturated rings. The standard InChI is InChI=1S/C11H26N4/c1-9(2)8-14-10(15-12)13-7-6-11(3,4)5/h9H,6-8,12H2,1-5H3,(H2,13,14,15). The fourth-order valence-corrected chi connectivity index (χ4v) is 0.982. The minimum atomic E-state index is 0.338. The summed E-state index contributed by atoms with van der Waals surface area (Å²) >= 11 is 0. The first kappa shape index (κ1) is 14.2. The average molecular weight is 214 g/mol. The molecule has 0 unspecified atom stereocenters. The van der Waals surface area contributed by atoms with Crippen molar-refractivity contribution in [2.75, 3.05) is 13.1 Å². The quantitative estimate of drug-likeness (QED) is 0.287. The van der Waals surface area contributed by atoms with E-state index in [9.17, 15) is 0 Å². The van der Waals surface area contributed by atoms with Crippen LogP contribution in [0, 0.1) is 11.3 Å². The minimum absolute atomic E-state index is 0.338. The SMILES string of the molecule is CC(C)CN=C(NN)NCCC(C)(C)C. The molecule has 4 nitrogen and oxygen atoms in total. The molecular formula is C11H26N4. The van der Waals surface area contributed by atoms with Crippen molar-refractivity contribution in [3.05, 3.63) is 0 Å². The lowest BCUT2D eigenvalue weighted by molar-refractivity contribution is 0.377. The van der Waals surface area contributed by atoms with E-state index in [1.165, 1.54) is 0 Å². The van der Waals surface area contributed by atoms with E-state index in [4.69, 9.17) is 5.84 Å². The van der Waals surface area contributed by atoms with Gasteiger partial charge in [0, 0.05) is 13.1 Å². The van der Waals surface area contributed by atoms with E-state index in [1.807, 2.05) is 0 Å². The van der Waals surface area contributed by atoms with Gasteiger partial charge >= 0.3 is 0 Å². The third-order valence-corrected chi connectivity index (χ3v) is 1.92. The summed E-state index contributed by atoms with van der Waals surface area (Å²) in [5.41, 5.74) is 2.92. The number of nitrogens with one attached hydrogen (secondary N) is 2. The number of guanidine groups is 1. The fourth-order valence-electron chi connectivity index (χ4n) is 0.982. The first-order chi connectivity index (χ1) is 6.85. The van der Waals surface area contributed by atoms with Gasteiger partial charge in [0.25, 0.3) is 0 Å². The zero-order valence-corrected chi connectivity index (χ0v) is 10.7. The normalized spacial score (nSPS) is 13.1. The zero-order chi connectivity index (χ0) is 11.9. The summed E-state index contributed by atoms with van der Waals surface area (Å²) in [6.07, 6.45) is 1.09. The highest BCUT2D eigenvalue weighted by Crippen LogP contribution is 2.16. The van der Waals surface area contributed by atoms with E-state index in [1.54, 1.807) is 0 Å². The van der Waals surface area contributed by atoms with Gasteiger partial charge in [0.1, 0.15) is 0 Å². The van der Waals surface area contributed by atoms with Crippen LogP contribution >= 0.6 is 0 Å². The van der Waals surface area contributed by atoms with Gasteiger partial charge in [-0.15, -0.1) is 0 Å². The van der Waals surface area contributed by atoms with Crippen LogP contribution in [0.1, 0.15) is 41.0 Å². The van der Waals surface area contributed by atoms with Crippen LogP contribution in [0.3, 0.4) is 0 Å². The smallest absolute Gasteiger partial charge is 0.205 e. The van der Waals surface area contributed by atoms with Gasteiger partial charge in [-0.25, -0.2) is 5.84 Å². The Hall–Kier alpha value is -0.770. The summed E-state index contributed by atoms with van der Waals surface area (Å²) in [7, 11) is 0. The molecule has 0 aliphatic carbocycles. The van der Waals surface area contributed by atoms with Crippen LogP contribution < -0.4 is 16.6 Å². The fraction of sp³-hybridized carbons (Fsp3) is 0.909. The Morgan fingerprint density at radius 1 is 1.33 bits per heavy atom. The maximum atomic E-state index is 5.37. The van der Waals surface area contributed by atoms with Crippen molar-refractivity contribution in [3.63, 3.8) is 0 Å². The van der Waals surface area contributed by atoms with Crippen LogP contribution in [0.25, 0.3) is 0 Å². The first-order valence-corrected chi connectivity index (χ1v) is 5.60. The Morgan fingerprint density at radius 2 is 1.93 bits per heavy atom. The molecule has 0 saturated carbocycles. The molecule has 0 aromatic heterocycles. The van der Waals surface area contributed by atoms with Crippen LogP contribution in [-0.2, 0) is 0 Å². The van der Waals surface area contributed by atoms with Gasteiger partial charge in [-0.3, -0.25) is 10.4 Å². The summed E-state index contributed by atoms with van der Waals surface area (Å²) in [6.45, 7) is 12.6. The van der Waals surface area contributed by atoms with Gasteiger partial charge in [-0.1, -0.05) is 34.6 Å². The number of hydrogen-bond donors (Lipinski definition) is 3. The highest BCUT2D eigenvalue weighted by molar-refractivity contribution is 5.79. The van der Waals surface area contributed by atoms with E-state index in [2.05, 4.69) is 50.4 Å². The number of nitrogens with two attached hydrogens (primary N) is 1. The van der Waals surface area contributed by atoms with Gasteiger partial charge in [-0.2, -0.15) is 0 Å². The van der Waals surface area contributed by atoms with E-state index < -0.39 is 0 Å². The van der Waals surface area contributed by atoms with Crippen molar-refractivity contribution in [1.82, 2.24) is 10.7 Å². The lowest BCUT2D eigenvalue weighted by atomic mass is 9.92. The Balaban J connectivity index is 3.85. The molecule has 4 heteroatoms. The summed E-state index contributed by atoms with van der Waals surface area (Å²) in [5.74, 6) is 6.61. The molecule has 0 aromatic rings. The third kappa shape index (κ3) is 9.53. The average Bonchev–Trinajstić information content (AvgIpc) is 2.08. The first-order valence-electron chi connectivity index (χ1n) is 5.60. The molecule has 15 heavy (non-hydrogen) atoms. The topological polar surface area (TPSA) is 62.4 Å². The zero-order valence-electron chi connectivity index (χ0n) is 10.7. The second-order valence-electron chi connectivity index (χ2n) is 5.46. The van der Waals surface area contributed by atoms with Gasteiger partial charge in [0.15, 0.2) is 0 Å². The van der Waals surface area contributed by atoms with E-state index >= 15 is 0 Å². The molecule has 0 aromatic carbocycles.